The standard InChI is InChI=1S/C33H50N6O6S/c1-21-22(2)28(23(3)25-17-33(6,7)45-27(21)25)46(42,43)38-30(35)36-16-12-15-26(34)29(40)37-19-32(4,5)20-39(8)31(41)44-18-24-13-10-9-11-14-24/h9-11,13-14,26H,12,15-20,34H2,1-8H3,(H,37,40)(H3,35,36,38). The van der Waals surface area contributed by atoms with Crippen LogP contribution >= 0.6 is 0 Å². The highest BCUT2D eigenvalue weighted by atomic mass is 32.2. The van der Waals surface area contributed by atoms with Gasteiger partial charge >= 0.3 is 6.09 Å². The van der Waals surface area contributed by atoms with Gasteiger partial charge in [0, 0.05) is 38.7 Å². The maximum Gasteiger partial charge on any atom is 0.409 e. The lowest BCUT2D eigenvalue weighted by atomic mass is 9.92. The van der Waals surface area contributed by atoms with Gasteiger partial charge in [-0.25, -0.2) is 17.9 Å². The first-order chi connectivity index (χ1) is 21.3. The molecule has 254 valence electrons. The molecule has 13 heteroatoms. The highest BCUT2D eigenvalue weighted by Gasteiger charge is 2.36. The Bertz CT molecular complexity index is 1560. The summed E-state index contributed by atoms with van der Waals surface area (Å²) in [7, 11) is -2.35. The van der Waals surface area contributed by atoms with E-state index >= 15 is 0 Å². The topological polar surface area (TPSA) is 178 Å². The van der Waals surface area contributed by atoms with Crippen molar-refractivity contribution in [1.29, 1.82) is 0 Å². The van der Waals surface area contributed by atoms with Gasteiger partial charge in [-0.2, -0.15) is 0 Å². The number of sulfonamides is 1. The van der Waals surface area contributed by atoms with Crippen molar-refractivity contribution in [3.63, 3.8) is 0 Å². The van der Waals surface area contributed by atoms with Gasteiger partial charge in [-0.15, -0.1) is 0 Å². The minimum atomic E-state index is -4.00. The predicted molar refractivity (Wildman–Crippen MR) is 179 cm³/mol. The largest absolute Gasteiger partial charge is 0.487 e. The van der Waals surface area contributed by atoms with Gasteiger partial charge in [-0.3, -0.25) is 9.79 Å². The van der Waals surface area contributed by atoms with Gasteiger partial charge in [0.15, 0.2) is 0 Å². The Morgan fingerprint density at radius 1 is 1.13 bits per heavy atom. The minimum Gasteiger partial charge on any atom is -0.487 e. The first kappa shape index (κ1) is 36.6. The lowest BCUT2D eigenvalue weighted by Gasteiger charge is -2.30. The molecule has 1 aliphatic heterocycles. The van der Waals surface area contributed by atoms with Crippen molar-refractivity contribution in [3.8, 4) is 5.75 Å². The van der Waals surface area contributed by atoms with Crippen molar-refractivity contribution in [2.75, 3.05) is 26.7 Å². The molecule has 3 rings (SSSR count). The van der Waals surface area contributed by atoms with Crippen LogP contribution in [0.1, 0.15) is 68.4 Å². The molecule has 1 aliphatic rings. The number of nitrogens with zero attached hydrogens (tertiary/aromatic N) is 2. The van der Waals surface area contributed by atoms with Gasteiger partial charge in [0.25, 0.3) is 10.0 Å². The number of carbonyl (C=O) groups is 2. The molecule has 2 aromatic carbocycles. The molecule has 0 radical (unpaired) electrons. The van der Waals surface area contributed by atoms with Crippen molar-refractivity contribution in [1.82, 2.24) is 14.9 Å². The third-order valence-electron chi connectivity index (χ3n) is 8.01. The highest BCUT2D eigenvalue weighted by molar-refractivity contribution is 7.90. The van der Waals surface area contributed by atoms with Crippen LogP contribution in [0.25, 0.3) is 0 Å². The summed E-state index contributed by atoms with van der Waals surface area (Å²) < 4.78 is 40.6. The van der Waals surface area contributed by atoms with E-state index in [0.717, 1.165) is 22.4 Å². The third kappa shape index (κ3) is 9.58. The zero-order chi connectivity index (χ0) is 34.4. The summed E-state index contributed by atoms with van der Waals surface area (Å²) in [6.45, 7) is 14.2. The maximum atomic E-state index is 13.4. The van der Waals surface area contributed by atoms with Crippen molar-refractivity contribution in [3.05, 3.63) is 58.1 Å². The number of nitrogens with two attached hydrogens (primary N) is 2. The van der Waals surface area contributed by atoms with E-state index in [1.54, 1.807) is 20.9 Å². The van der Waals surface area contributed by atoms with Crippen molar-refractivity contribution in [2.24, 2.45) is 21.9 Å². The first-order valence-electron chi connectivity index (χ1n) is 15.4. The molecule has 2 amide bonds. The van der Waals surface area contributed by atoms with E-state index in [1.165, 1.54) is 4.90 Å². The van der Waals surface area contributed by atoms with Crippen LogP contribution < -0.4 is 26.2 Å². The van der Waals surface area contributed by atoms with Crippen LogP contribution in [0.3, 0.4) is 0 Å². The summed E-state index contributed by atoms with van der Waals surface area (Å²) in [5.74, 6) is 0.181. The van der Waals surface area contributed by atoms with E-state index in [4.69, 9.17) is 20.9 Å². The normalized spacial score (nSPS) is 15.0. The van der Waals surface area contributed by atoms with Crippen LogP contribution in [-0.4, -0.2) is 69.6 Å². The molecule has 0 fully saturated rings. The molecule has 0 spiro atoms. The number of fused-ring (bicyclic) bond motifs is 1. The average Bonchev–Trinajstić information content (AvgIpc) is 3.31. The van der Waals surface area contributed by atoms with Crippen molar-refractivity contribution < 1.29 is 27.5 Å². The summed E-state index contributed by atoms with van der Waals surface area (Å²) in [6, 6.07) is 8.63. The van der Waals surface area contributed by atoms with E-state index in [1.807, 2.05) is 65.0 Å². The number of carbonyl (C=O) groups excluding carboxylic acids is 2. The number of rotatable bonds is 13. The molecule has 0 aromatic heterocycles. The number of benzene rings is 2. The number of aliphatic imine (C=N–C) groups is 1. The van der Waals surface area contributed by atoms with Crippen LogP contribution in [0.5, 0.6) is 5.75 Å². The molecule has 2 aromatic rings. The second-order valence-electron chi connectivity index (χ2n) is 13.4. The van der Waals surface area contributed by atoms with Crippen molar-refractivity contribution in [2.45, 2.75) is 90.9 Å². The highest BCUT2D eigenvalue weighted by Crippen LogP contribution is 2.43. The third-order valence-corrected chi connectivity index (χ3v) is 9.64. The lowest BCUT2D eigenvalue weighted by Crippen LogP contribution is -2.47. The Balaban J connectivity index is 1.45. The predicted octanol–water partition coefficient (Wildman–Crippen LogP) is 3.44. The Morgan fingerprint density at radius 2 is 1.78 bits per heavy atom. The number of amides is 2. The molecule has 0 bridgehead atoms. The molecule has 0 saturated heterocycles. The fraction of sp³-hybridized carbons (Fsp3) is 0.545. The quantitative estimate of drug-likeness (QED) is 0.144. The van der Waals surface area contributed by atoms with Gasteiger partial charge in [-0.1, -0.05) is 44.2 Å². The van der Waals surface area contributed by atoms with Gasteiger partial charge in [0.1, 0.15) is 18.0 Å². The Labute approximate surface area is 273 Å². The SMILES string of the molecule is Cc1c(C)c(S(=O)(=O)NC(N)=NCCCC(N)C(=O)NCC(C)(C)CN(C)C(=O)OCc2ccccc2)c(C)c2c1OC(C)(C)C2. The Hall–Kier alpha value is -3.84. The van der Waals surface area contributed by atoms with E-state index in [-0.39, 0.29) is 29.9 Å². The number of hydrogen-bond acceptors (Lipinski definition) is 8. The second kappa shape index (κ2) is 14.7. The molecule has 1 unspecified atom stereocenters. The van der Waals surface area contributed by atoms with Gasteiger partial charge in [0.2, 0.25) is 11.9 Å². The van der Waals surface area contributed by atoms with Crippen LogP contribution in [0.4, 0.5) is 4.79 Å². The second-order valence-corrected chi connectivity index (χ2v) is 15.1. The van der Waals surface area contributed by atoms with E-state index in [2.05, 4.69) is 15.0 Å². The molecule has 1 atom stereocenters. The summed E-state index contributed by atoms with van der Waals surface area (Å²) in [5.41, 5.74) is 15.0. The Kier molecular flexibility index (Phi) is 11.7. The summed E-state index contributed by atoms with van der Waals surface area (Å²) in [5, 5.41) is 2.86. The monoisotopic (exact) mass is 658 g/mol. The smallest absolute Gasteiger partial charge is 0.409 e. The van der Waals surface area contributed by atoms with Crippen LogP contribution in [0, 0.1) is 26.2 Å². The van der Waals surface area contributed by atoms with E-state index in [0.29, 0.717) is 43.5 Å². The molecule has 6 N–H and O–H groups in total. The molecule has 0 aliphatic carbocycles. The molecule has 46 heavy (non-hydrogen) atoms. The molecule has 0 saturated carbocycles. The number of ether oxygens (including phenoxy) is 2. The molecular formula is C33H50N6O6S. The average molecular weight is 659 g/mol. The zero-order valence-corrected chi connectivity index (χ0v) is 29.1. The van der Waals surface area contributed by atoms with Crippen LogP contribution in [-0.2, 0) is 32.6 Å². The van der Waals surface area contributed by atoms with Crippen LogP contribution in [0.15, 0.2) is 40.2 Å². The summed E-state index contributed by atoms with van der Waals surface area (Å²) >= 11 is 0. The molecular weight excluding hydrogens is 608 g/mol. The number of hydrogen-bond donors (Lipinski definition) is 4. The number of guanidine groups is 1. The Morgan fingerprint density at radius 3 is 2.43 bits per heavy atom. The summed E-state index contributed by atoms with van der Waals surface area (Å²) in [4.78, 5) is 30.9. The van der Waals surface area contributed by atoms with E-state index in [9.17, 15) is 18.0 Å². The minimum absolute atomic E-state index is 0.180. The maximum absolute atomic E-state index is 13.4. The van der Waals surface area contributed by atoms with E-state index < -0.39 is 33.2 Å². The first-order valence-corrected chi connectivity index (χ1v) is 16.9. The van der Waals surface area contributed by atoms with Crippen LogP contribution in [0.2, 0.25) is 0 Å². The number of nitrogens with one attached hydrogen (secondary N) is 2. The molecule has 1 heterocycles. The fourth-order valence-electron chi connectivity index (χ4n) is 5.56. The molecule has 12 nitrogen and oxygen atoms in total. The van der Waals surface area contributed by atoms with Crippen molar-refractivity contribution >= 4 is 28.0 Å². The zero-order valence-electron chi connectivity index (χ0n) is 28.3. The lowest BCUT2D eigenvalue weighted by molar-refractivity contribution is -0.123. The summed E-state index contributed by atoms with van der Waals surface area (Å²) in [6.07, 6.45) is 0.889. The van der Waals surface area contributed by atoms with Gasteiger partial charge in [0.05, 0.1) is 10.9 Å². The van der Waals surface area contributed by atoms with Gasteiger partial charge < -0.3 is 31.2 Å². The van der Waals surface area contributed by atoms with Gasteiger partial charge in [-0.05, 0) is 75.1 Å². The fourth-order valence-corrected chi connectivity index (χ4v) is 7.08.